The number of benzene rings is 2. The number of hydrogen-bond donors (Lipinski definition) is 2. The van der Waals surface area contributed by atoms with Crippen molar-refractivity contribution < 1.29 is 18.4 Å². The zero-order valence-electron chi connectivity index (χ0n) is 15.9. The van der Waals surface area contributed by atoms with E-state index in [0.717, 1.165) is 0 Å². The molecule has 8 heteroatoms. The fraction of sp³-hybridized carbons (Fsp3) is 0.333. The molecule has 5 nitrogen and oxygen atoms in total. The summed E-state index contributed by atoms with van der Waals surface area (Å²) in [5.41, 5.74) is 6.59. The first-order valence-corrected chi connectivity index (χ1v) is 9.32. The molecular weight excluding hydrogens is 400 g/mol. The van der Waals surface area contributed by atoms with E-state index in [0.29, 0.717) is 43.6 Å². The lowest BCUT2D eigenvalue weighted by atomic mass is 9.96. The third-order valence-electron chi connectivity index (χ3n) is 4.90. The summed E-state index contributed by atoms with van der Waals surface area (Å²) < 4.78 is 27.7. The number of piperidine rings is 1. The van der Waals surface area contributed by atoms with Crippen molar-refractivity contribution in [2.75, 3.05) is 26.2 Å². The number of carbonyl (C=O) groups is 2. The molecule has 0 saturated carbocycles. The lowest BCUT2D eigenvalue weighted by Crippen LogP contribution is -2.46. The van der Waals surface area contributed by atoms with Gasteiger partial charge in [0.15, 0.2) is 0 Å². The Bertz CT molecular complexity index is 862. The van der Waals surface area contributed by atoms with Gasteiger partial charge >= 0.3 is 0 Å². The lowest BCUT2D eigenvalue weighted by Gasteiger charge is -2.32. The number of halogens is 3. The third kappa shape index (κ3) is 5.52. The van der Waals surface area contributed by atoms with Gasteiger partial charge in [-0.05, 0) is 48.2 Å². The van der Waals surface area contributed by atoms with Crippen LogP contribution in [0.25, 0.3) is 11.1 Å². The first kappa shape index (κ1) is 22.8. The van der Waals surface area contributed by atoms with Crippen molar-refractivity contribution >= 4 is 24.2 Å². The van der Waals surface area contributed by atoms with Crippen molar-refractivity contribution in [3.63, 3.8) is 0 Å². The first-order valence-electron chi connectivity index (χ1n) is 9.32. The van der Waals surface area contributed by atoms with Crippen LogP contribution in [0.15, 0.2) is 42.5 Å². The molecule has 0 spiro atoms. The summed E-state index contributed by atoms with van der Waals surface area (Å²) >= 11 is 0. The van der Waals surface area contributed by atoms with Crippen molar-refractivity contribution in [2.24, 2.45) is 11.7 Å². The number of carbonyl (C=O) groups excluding carboxylic acids is 2. The predicted octanol–water partition coefficient (Wildman–Crippen LogP) is 2.98. The van der Waals surface area contributed by atoms with Crippen molar-refractivity contribution in [2.45, 2.75) is 12.8 Å². The zero-order valence-corrected chi connectivity index (χ0v) is 16.7. The summed E-state index contributed by atoms with van der Waals surface area (Å²) in [5, 5.41) is 2.74. The Balaban J connectivity index is 0.00000300. The summed E-state index contributed by atoms with van der Waals surface area (Å²) in [6.45, 7) is 1.49. The molecule has 3 rings (SSSR count). The van der Waals surface area contributed by atoms with Crippen molar-refractivity contribution in [3.8, 4) is 11.1 Å². The molecule has 0 aliphatic carbocycles. The van der Waals surface area contributed by atoms with E-state index in [1.165, 1.54) is 29.2 Å². The second kappa shape index (κ2) is 10.3. The standard InChI is InChI=1S/C21H23F2N3O2.ClH/c22-17-6-3-14(4-7-17)15-5-8-18(19(23)12-15)21(28)26-11-1-2-16(13-26)20(27)25-10-9-24;/h3-8,12,16H,1-2,9-11,13,24H2,(H,25,27);1H. The van der Waals surface area contributed by atoms with Crippen molar-refractivity contribution in [1.82, 2.24) is 10.2 Å². The van der Waals surface area contributed by atoms with Gasteiger partial charge in [-0.1, -0.05) is 18.2 Å². The normalized spacial score (nSPS) is 16.1. The fourth-order valence-electron chi connectivity index (χ4n) is 3.40. The molecule has 1 atom stereocenters. The second-order valence-corrected chi connectivity index (χ2v) is 6.87. The molecule has 0 radical (unpaired) electrons. The molecule has 2 aromatic carbocycles. The van der Waals surface area contributed by atoms with Gasteiger partial charge in [-0.2, -0.15) is 0 Å². The molecule has 1 unspecified atom stereocenters. The van der Waals surface area contributed by atoms with E-state index in [1.54, 1.807) is 18.2 Å². The maximum atomic E-state index is 14.6. The predicted molar refractivity (Wildman–Crippen MR) is 110 cm³/mol. The largest absolute Gasteiger partial charge is 0.355 e. The summed E-state index contributed by atoms with van der Waals surface area (Å²) in [4.78, 5) is 26.4. The van der Waals surface area contributed by atoms with Crippen LogP contribution in [0.5, 0.6) is 0 Å². The molecule has 2 amide bonds. The van der Waals surface area contributed by atoms with Crippen LogP contribution in [0.3, 0.4) is 0 Å². The SMILES string of the molecule is Cl.NCCNC(=O)C1CCCN(C(=O)c2ccc(-c3ccc(F)cc3)cc2F)C1. The number of amides is 2. The van der Waals surface area contributed by atoms with Crippen LogP contribution in [-0.4, -0.2) is 42.9 Å². The summed E-state index contributed by atoms with van der Waals surface area (Å²) in [6, 6.07) is 10.1. The van der Waals surface area contributed by atoms with Gasteiger partial charge in [0, 0.05) is 26.2 Å². The number of nitrogens with zero attached hydrogens (tertiary/aromatic N) is 1. The van der Waals surface area contributed by atoms with Gasteiger partial charge in [0.05, 0.1) is 11.5 Å². The van der Waals surface area contributed by atoms with Crippen LogP contribution in [0.4, 0.5) is 8.78 Å². The van der Waals surface area contributed by atoms with Gasteiger partial charge < -0.3 is 16.0 Å². The molecule has 1 saturated heterocycles. The summed E-state index contributed by atoms with van der Waals surface area (Å²) in [5.74, 6) is -1.88. The summed E-state index contributed by atoms with van der Waals surface area (Å²) in [6.07, 6.45) is 1.37. The van der Waals surface area contributed by atoms with E-state index in [-0.39, 0.29) is 42.2 Å². The van der Waals surface area contributed by atoms with Crippen LogP contribution >= 0.6 is 12.4 Å². The van der Waals surface area contributed by atoms with Crippen LogP contribution < -0.4 is 11.1 Å². The lowest BCUT2D eigenvalue weighted by molar-refractivity contribution is -0.126. The Morgan fingerprint density at radius 2 is 1.79 bits per heavy atom. The average molecular weight is 424 g/mol. The maximum absolute atomic E-state index is 14.6. The average Bonchev–Trinajstić information content (AvgIpc) is 2.72. The van der Waals surface area contributed by atoms with Crippen LogP contribution in [0.2, 0.25) is 0 Å². The van der Waals surface area contributed by atoms with E-state index in [1.807, 2.05) is 0 Å². The molecule has 1 fully saturated rings. The Morgan fingerprint density at radius 3 is 2.45 bits per heavy atom. The zero-order chi connectivity index (χ0) is 20.1. The minimum Gasteiger partial charge on any atom is -0.355 e. The van der Waals surface area contributed by atoms with E-state index < -0.39 is 11.7 Å². The third-order valence-corrected chi connectivity index (χ3v) is 4.90. The molecule has 1 heterocycles. The minimum absolute atomic E-state index is 0. The van der Waals surface area contributed by atoms with E-state index in [2.05, 4.69) is 5.32 Å². The van der Waals surface area contributed by atoms with E-state index in [4.69, 9.17) is 5.73 Å². The molecule has 156 valence electrons. The van der Waals surface area contributed by atoms with Gasteiger partial charge in [0.1, 0.15) is 11.6 Å². The van der Waals surface area contributed by atoms with Gasteiger partial charge in [-0.3, -0.25) is 9.59 Å². The number of rotatable bonds is 5. The van der Waals surface area contributed by atoms with Gasteiger partial charge in [-0.25, -0.2) is 8.78 Å². The highest BCUT2D eigenvalue weighted by atomic mass is 35.5. The highest BCUT2D eigenvalue weighted by Crippen LogP contribution is 2.25. The molecule has 2 aromatic rings. The van der Waals surface area contributed by atoms with Crippen LogP contribution in [0.1, 0.15) is 23.2 Å². The number of nitrogens with two attached hydrogens (primary N) is 1. The molecule has 1 aliphatic rings. The van der Waals surface area contributed by atoms with Crippen molar-refractivity contribution in [1.29, 1.82) is 0 Å². The Labute approximate surface area is 174 Å². The van der Waals surface area contributed by atoms with Crippen LogP contribution in [0, 0.1) is 17.6 Å². The maximum Gasteiger partial charge on any atom is 0.256 e. The topological polar surface area (TPSA) is 75.4 Å². The minimum atomic E-state index is -0.637. The Morgan fingerprint density at radius 1 is 1.10 bits per heavy atom. The highest BCUT2D eigenvalue weighted by molar-refractivity contribution is 5.95. The quantitative estimate of drug-likeness (QED) is 0.776. The van der Waals surface area contributed by atoms with Crippen molar-refractivity contribution in [3.05, 3.63) is 59.7 Å². The smallest absolute Gasteiger partial charge is 0.256 e. The first-order chi connectivity index (χ1) is 13.5. The second-order valence-electron chi connectivity index (χ2n) is 6.87. The Hall–Kier alpha value is -2.51. The molecule has 0 aromatic heterocycles. The molecule has 3 N–H and O–H groups in total. The number of nitrogens with one attached hydrogen (secondary N) is 1. The van der Waals surface area contributed by atoms with Crippen LogP contribution in [-0.2, 0) is 4.79 Å². The number of hydrogen-bond acceptors (Lipinski definition) is 3. The molecule has 0 bridgehead atoms. The monoisotopic (exact) mass is 423 g/mol. The fourth-order valence-corrected chi connectivity index (χ4v) is 3.40. The number of likely N-dealkylation sites (tertiary alicyclic amines) is 1. The van der Waals surface area contributed by atoms with E-state index >= 15 is 0 Å². The summed E-state index contributed by atoms with van der Waals surface area (Å²) in [7, 11) is 0. The Kier molecular flexibility index (Phi) is 8.10. The van der Waals surface area contributed by atoms with E-state index in [9.17, 15) is 18.4 Å². The van der Waals surface area contributed by atoms with Gasteiger partial charge in [-0.15, -0.1) is 12.4 Å². The molecule has 1 aliphatic heterocycles. The van der Waals surface area contributed by atoms with Gasteiger partial charge in [0.2, 0.25) is 5.91 Å². The molecule has 29 heavy (non-hydrogen) atoms. The van der Waals surface area contributed by atoms with Gasteiger partial charge in [0.25, 0.3) is 5.91 Å². The molecular formula is C21H24ClF2N3O2. The highest BCUT2D eigenvalue weighted by Gasteiger charge is 2.29.